The molecular formula is C15H17NO3S. The van der Waals surface area contributed by atoms with E-state index in [9.17, 15) is 8.42 Å². The maximum Gasteiger partial charge on any atom is 0.237 e. The Morgan fingerprint density at radius 3 is 2.35 bits per heavy atom. The molecule has 0 saturated carbocycles. The molecule has 0 saturated heterocycles. The van der Waals surface area contributed by atoms with Crippen molar-refractivity contribution >= 4 is 15.7 Å². The summed E-state index contributed by atoms with van der Waals surface area (Å²) in [5.74, 6) is 0.473. The van der Waals surface area contributed by atoms with Crippen molar-refractivity contribution in [3.05, 3.63) is 60.2 Å². The van der Waals surface area contributed by atoms with Gasteiger partial charge in [-0.2, -0.15) is 0 Å². The number of para-hydroxylation sites is 2. The van der Waals surface area contributed by atoms with E-state index in [1.165, 1.54) is 0 Å². The first-order valence-corrected chi connectivity index (χ1v) is 8.02. The Morgan fingerprint density at radius 2 is 1.65 bits per heavy atom. The predicted molar refractivity (Wildman–Crippen MR) is 80.3 cm³/mol. The van der Waals surface area contributed by atoms with Crippen molar-refractivity contribution in [3.8, 4) is 5.75 Å². The lowest BCUT2D eigenvalue weighted by Crippen LogP contribution is -2.15. The van der Waals surface area contributed by atoms with Gasteiger partial charge in [0.2, 0.25) is 10.0 Å². The van der Waals surface area contributed by atoms with E-state index in [0.717, 1.165) is 5.56 Å². The van der Waals surface area contributed by atoms with Gasteiger partial charge in [-0.15, -0.1) is 0 Å². The second kappa shape index (κ2) is 6.43. The predicted octanol–water partition coefficient (Wildman–Crippen LogP) is 3.03. The second-order valence-corrected chi connectivity index (χ2v) is 6.00. The summed E-state index contributed by atoms with van der Waals surface area (Å²) < 4.78 is 32.3. The largest absolute Gasteiger partial charge is 0.492 e. The third-order valence-corrected chi connectivity index (χ3v) is 3.90. The SMILES string of the molecule is CCOc1ccccc1NS(=O)(=O)Cc1ccccc1. The minimum Gasteiger partial charge on any atom is -0.492 e. The van der Waals surface area contributed by atoms with E-state index in [1.54, 1.807) is 36.4 Å². The van der Waals surface area contributed by atoms with Gasteiger partial charge in [0, 0.05) is 0 Å². The minimum absolute atomic E-state index is 0.0612. The van der Waals surface area contributed by atoms with E-state index < -0.39 is 10.0 Å². The number of hydrogen-bond donors (Lipinski definition) is 1. The van der Waals surface area contributed by atoms with Crippen molar-refractivity contribution in [3.63, 3.8) is 0 Å². The van der Waals surface area contributed by atoms with Crippen molar-refractivity contribution in [2.45, 2.75) is 12.7 Å². The number of hydrogen-bond acceptors (Lipinski definition) is 3. The molecule has 0 spiro atoms. The summed E-state index contributed by atoms with van der Waals surface area (Å²) in [4.78, 5) is 0. The van der Waals surface area contributed by atoms with E-state index in [4.69, 9.17) is 4.74 Å². The maximum atomic E-state index is 12.2. The zero-order valence-corrected chi connectivity index (χ0v) is 12.1. The third-order valence-electron chi connectivity index (χ3n) is 2.65. The monoisotopic (exact) mass is 291 g/mol. The molecule has 1 N–H and O–H groups in total. The number of ether oxygens (including phenoxy) is 1. The summed E-state index contributed by atoms with van der Waals surface area (Å²) in [6, 6.07) is 16.1. The topological polar surface area (TPSA) is 55.4 Å². The molecule has 0 aromatic heterocycles. The van der Waals surface area contributed by atoms with Crippen LogP contribution in [-0.2, 0) is 15.8 Å². The van der Waals surface area contributed by atoms with E-state index in [-0.39, 0.29) is 5.75 Å². The molecule has 0 aliphatic carbocycles. The number of rotatable bonds is 6. The van der Waals surface area contributed by atoms with Gasteiger partial charge >= 0.3 is 0 Å². The molecule has 2 aromatic carbocycles. The first kappa shape index (κ1) is 14.4. The summed E-state index contributed by atoms with van der Waals surface area (Å²) in [5.41, 5.74) is 1.21. The van der Waals surface area contributed by atoms with E-state index >= 15 is 0 Å². The molecule has 0 unspecified atom stereocenters. The van der Waals surface area contributed by atoms with E-state index in [0.29, 0.717) is 18.0 Å². The van der Waals surface area contributed by atoms with Gasteiger partial charge in [0.1, 0.15) is 5.75 Å². The molecule has 106 valence electrons. The van der Waals surface area contributed by atoms with Gasteiger partial charge < -0.3 is 4.74 Å². The molecule has 0 heterocycles. The van der Waals surface area contributed by atoms with Gasteiger partial charge in [-0.1, -0.05) is 42.5 Å². The number of nitrogens with one attached hydrogen (secondary N) is 1. The van der Waals surface area contributed by atoms with Crippen LogP contribution in [0, 0.1) is 0 Å². The van der Waals surface area contributed by atoms with Crippen LogP contribution in [0.3, 0.4) is 0 Å². The van der Waals surface area contributed by atoms with Crippen molar-refractivity contribution in [2.75, 3.05) is 11.3 Å². The van der Waals surface area contributed by atoms with Gasteiger partial charge in [0.15, 0.2) is 0 Å². The van der Waals surface area contributed by atoms with Gasteiger partial charge in [0.25, 0.3) is 0 Å². The Morgan fingerprint density at radius 1 is 1.00 bits per heavy atom. The van der Waals surface area contributed by atoms with Crippen LogP contribution >= 0.6 is 0 Å². The van der Waals surface area contributed by atoms with Crippen molar-refractivity contribution in [2.24, 2.45) is 0 Å². The Hall–Kier alpha value is -2.01. The Kier molecular flexibility index (Phi) is 4.63. The van der Waals surface area contributed by atoms with Gasteiger partial charge in [-0.05, 0) is 24.6 Å². The summed E-state index contributed by atoms with van der Waals surface area (Å²) in [7, 11) is -3.46. The van der Waals surface area contributed by atoms with Crippen molar-refractivity contribution in [1.82, 2.24) is 0 Å². The molecule has 2 aromatic rings. The van der Waals surface area contributed by atoms with Crippen LogP contribution in [-0.4, -0.2) is 15.0 Å². The van der Waals surface area contributed by atoms with Gasteiger partial charge in [-0.25, -0.2) is 8.42 Å². The van der Waals surface area contributed by atoms with Crippen LogP contribution in [0.2, 0.25) is 0 Å². The Bertz CT molecular complexity index is 654. The second-order valence-electron chi connectivity index (χ2n) is 4.28. The van der Waals surface area contributed by atoms with Crippen molar-refractivity contribution in [1.29, 1.82) is 0 Å². The van der Waals surface area contributed by atoms with E-state index in [1.807, 2.05) is 25.1 Å². The molecule has 5 heteroatoms. The normalized spacial score (nSPS) is 11.1. The third kappa shape index (κ3) is 3.99. The molecular weight excluding hydrogens is 274 g/mol. The van der Waals surface area contributed by atoms with Crippen LogP contribution in [0.1, 0.15) is 12.5 Å². The molecule has 0 aliphatic rings. The molecule has 0 amide bonds. The van der Waals surface area contributed by atoms with Gasteiger partial charge in [0.05, 0.1) is 18.0 Å². The standard InChI is InChI=1S/C15H17NO3S/c1-2-19-15-11-7-6-10-14(15)16-20(17,18)12-13-8-4-3-5-9-13/h3-11,16H,2,12H2,1H3. The lowest BCUT2D eigenvalue weighted by atomic mass is 10.2. The average Bonchev–Trinajstić information content (AvgIpc) is 2.41. The molecule has 4 nitrogen and oxygen atoms in total. The molecule has 0 aliphatic heterocycles. The molecule has 0 fully saturated rings. The quantitative estimate of drug-likeness (QED) is 0.890. The zero-order valence-electron chi connectivity index (χ0n) is 11.2. The maximum absolute atomic E-state index is 12.2. The first-order chi connectivity index (χ1) is 9.61. The Labute approximate surface area is 119 Å². The fourth-order valence-corrected chi connectivity index (χ4v) is 3.04. The average molecular weight is 291 g/mol. The smallest absolute Gasteiger partial charge is 0.237 e. The zero-order chi connectivity index (χ0) is 14.4. The molecule has 20 heavy (non-hydrogen) atoms. The fraction of sp³-hybridized carbons (Fsp3) is 0.200. The van der Waals surface area contributed by atoms with Crippen molar-refractivity contribution < 1.29 is 13.2 Å². The van der Waals surface area contributed by atoms with Crippen LogP contribution in [0.25, 0.3) is 0 Å². The summed E-state index contributed by atoms with van der Waals surface area (Å²) in [6.45, 7) is 2.34. The minimum atomic E-state index is -3.46. The van der Waals surface area contributed by atoms with Crippen LogP contribution in [0.4, 0.5) is 5.69 Å². The highest BCUT2D eigenvalue weighted by Crippen LogP contribution is 2.25. The molecule has 0 radical (unpaired) electrons. The summed E-state index contributed by atoms with van der Waals surface area (Å²) in [6.07, 6.45) is 0. The molecule has 0 bridgehead atoms. The molecule has 2 rings (SSSR count). The summed E-state index contributed by atoms with van der Waals surface area (Å²) in [5, 5.41) is 0. The lowest BCUT2D eigenvalue weighted by molar-refractivity contribution is 0.342. The highest BCUT2D eigenvalue weighted by molar-refractivity contribution is 7.91. The van der Waals surface area contributed by atoms with E-state index in [2.05, 4.69) is 4.72 Å². The van der Waals surface area contributed by atoms with Crippen LogP contribution < -0.4 is 9.46 Å². The number of anilines is 1. The van der Waals surface area contributed by atoms with Crippen LogP contribution in [0.5, 0.6) is 5.75 Å². The first-order valence-electron chi connectivity index (χ1n) is 6.37. The molecule has 0 atom stereocenters. The summed E-state index contributed by atoms with van der Waals surface area (Å²) >= 11 is 0. The van der Waals surface area contributed by atoms with Crippen LogP contribution in [0.15, 0.2) is 54.6 Å². The van der Waals surface area contributed by atoms with Gasteiger partial charge in [-0.3, -0.25) is 4.72 Å². The highest BCUT2D eigenvalue weighted by atomic mass is 32.2. The fourth-order valence-electron chi connectivity index (χ4n) is 1.83. The lowest BCUT2D eigenvalue weighted by Gasteiger charge is -2.12. The number of benzene rings is 2. The number of sulfonamides is 1. The Balaban J connectivity index is 2.16. The highest BCUT2D eigenvalue weighted by Gasteiger charge is 2.14.